The Morgan fingerprint density at radius 1 is 1.29 bits per heavy atom. The zero-order chi connectivity index (χ0) is 17.5. The van der Waals surface area contributed by atoms with Crippen molar-refractivity contribution in [1.82, 2.24) is 9.47 Å². The first-order chi connectivity index (χ1) is 11.5. The summed E-state index contributed by atoms with van der Waals surface area (Å²) < 4.78 is 15.1. The summed E-state index contributed by atoms with van der Waals surface area (Å²) in [6, 6.07) is 10.5. The summed E-state index contributed by atoms with van der Waals surface area (Å²) in [6.45, 7) is 9.58. The predicted octanol–water partition coefficient (Wildman–Crippen LogP) is 4.24. The van der Waals surface area contributed by atoms with Crippen molar-refractivity contribution in [3.05, 3.63) is 72.3 Å². The van der Waals surface area contributed by atoms with E-state index < -0.39 is 0 Å². The smallest absolute Gasteiger partial charge is 0.223 e. The molecule has 0 bridgehead atoms. The SMILES string of the molecule is C=CCN(Cc1cccn1Cc1ccc(F)cc1)C(=O)CC(C)C. The molecule has 0 atom stereocenters. The quantitative estimate of drug-likeness (QED) is 0.666. The van der Waals surface area contributed by atoms with E-state index in [2.05, 4.69) is 11.1 Å². The van der Waals surface area contributed by atoms with E-state index in [4.69, 9.17) is 0 Å². The van der Waals surface area contributed by atoms with Gasteiger partial charge in [-0.3, -0.25) is 4.79 Å². The lowest BCUT2D eigenvalue weighted by molar-refractivity contribution is -0.132. The molecule has 0 aliphatic rings. The number of hydrogen-bond donors (Lipinski definition) is 0. The van der Waals surface area contributed by atoms with Gasteiger partial charge in [-0.1, -0.05) is 32.1 Å². The Morgan fingerprint density at radius 3 is 2.62 bits per heavy atom. The Hall–Kier alpha value is -2.36. The van der Waals surface area contributed by atoms with Crippen LogP contribution in [0.1, 0.15) is 31.5 Å². The molecule has 2 aromatic rings. The first kappa shape index (κ1) is 18.0. The molecule has 3 nitrogen and oxygen atoms in total. The molecule has 1 aromatic carbocycles. The van der Waals surface area contributed by atoms with Crippen LogP contribution in [0.3, 0.4) is 0 Å². The van der Waals surface area contributed by atoms with Crippen molar-refractivity contribution in [3.63, 3.8) is 0 Å². The van der Waals surface area contributed by atoms with Crippen molar-refractivity contribution >= 4 is 5.91 Å². The zero-order valence-electron chi connectivity index (χ0n) is 14.4. The van der Waals surface area contributed by atoms with Crippen LogP contribution in [-0.4, -0.2) is 21.9 Å². The van der Waals surface area contributed by atoms with Gasteiger partial charge in [0.1, 0.15) is 5.82 Å². The molecule has 0 aliphatic carbocycles. The molecule has 0 N–H and O–H groups in total. The number of hydrogen-bond acceptors (Lipinski definition) is 1. The van der Waals surface area contributed by atoms with E-state index in [1.165, 1.54) is 12.1 Å². The van der Waals surface area contributed by atoms with Crippen LogP contribution >= 0.6 is 0 Å². The summed E-state index contributed by atoms with van der Waals surface area (Å²) in [5.74, 6) is 0.234. The number of aromatic nitrogens is 1. The number of carbonyl (C=O) groups is 1. The van der Waals surface area contributed by atoms with Crippen molar-refractivity contribution in [1.29, 1.82) is 0 Å². The van der Waals surface area contributed by atoms with Crippen LogP contribution in [0.4, 0.5) is 4.39 Å². The van der Waals surface area contributed by atoms with Gasteiger partial charge in [-0.25, -0.2) is 4.39 Å². The second-order valence-electron chi connectivity index (χ2n) is 6.41. The highest BCUT2D eigenvalue weighted by Gasteiger charge is 2.15. The summed E-state index contributed by atoms with van der Waals surface area (Å²) in [7, 11) is 0. The number of halogens is 1. The Kier molecular flexibility index (Phi) is 6.36. The fourth-order valence-electron chi connectivity index (χ4n) is 2.62. The van der Waals surface area contributed by atoms with E-state index in [1.54, 1.807) is 18.2 Å². The van der Waals surface area contributed by atoms with Crippen molar-refractivity contribution in [3.8, 4) is 0 Å². The van der Waals surface area contributed by atoms with E-state index >= 15 is 0 Å². The van der Waals surface area contributed by atoms with Crippen LogP contribution in [0, 0.1) is 11.7 Å². The number of nitrogens with zero attached hydrogens (tertiary/aromatic N) is 2. The fourth-order valence-corrected chi connectivity index (χ4v) is 2.62. The lowest BCUT2D eigenvalue weighted by Gasteiger charge is -2.23. The lowest BCUT2D eigenvalue weighted by atomic mass is 10.1. The van der Waals surface area contributed by atoms with E-state index in [0.29, 0.717) is 32.0 Å². The molecule has 1 amide bonds. The van der Waals surface area contributed by atoms with Gasteiger partial charge in [0.05, 0.1) is 6.54 Å². The Morgan fingerprint density at radius 2 is 2.00 bits per heavy atom. The molecule has 0 aliphatic heterocycles. The summed E-state index contributed by atoms with van der Waals surface area (Å²) in [6.07, 6.45) is 4.27. The van der Waals surface area contributed by atoms with Gasteiger partial charge in [0.15, 0.2) is 0 Å². The van der Waals surface area contributed by atoms with Gasteiger partial charge in [-0.15, -0.1) is 6.58 Å². The fraction of sp³-hybridized carbons (Fsp3) is 0.350. The molecule has 2 rings (SSSR count). The molecule has 1 heterocycles. The van der Waals surface area contributed by atoms with E-state index in [-0.39, 0.29) is 11.7 Å². The molecule has 1 aromatic heterocycles. The van der Waals surface area contributed by atoms with Gasteiger partial charge in [0.2, 0.25) is 5.91 Å². The van der Waals surface area contributed by atoms with Crippen LogP contribution in [0.5, 0.6) is 0 Å². The van der Waals surface area contributed by atoms with Crippen LogP contribution < -0.4 is 0 Å². The van der Waals surface area contributed by atoms with E-state index in [0.717, 1.165) is 11.3 Å². The van der Waals surface area contributed by atoms with Crippen LogP contribution in [-0.2, 0) is 17.9 Å². The molecule has 24 heavy (non-hydrogen) atoms. The maximum absolute atomic E-state index is 13.0. The van der Waals surface area contributed by atoms with Crippen molar-refractivity contribution in [2.75, 3.05) is 6.54 Å². The number of rotatable bonds is 8. The third kappa shape index (κ3) is 5.08. The summed E-state index contributed by atoms with van der Waals surface area (Å²) in [4.78, 5) is 14.2. The number of amides is 1. The van der Waals surface area contributed by atoms with Gasteiger partial charge in [-0.2, -0.15) is 0 Å². The average molecular weight is 328 g/mol. The molecule has 0 saturated carbocycles. The molecule has 0 unspecified atom stereocenters. The van der Waals surface area contributed by atoms with Crippen LogP contribution in [0.2, 0.25) is 0 Å². The molecule has 4 heteroatoms. The first-order valence-corrected chi connectivity index (χ1v) is 8.26. The first-order valence-electron chi connectivity index (χ1n) is 8.26. The molecule has 0 saturated heterocycles. The lowest BCUT2D eigenvalue weighted by Crippen LogP contribution is -2.32. The van der Waals surface area contributed by atoms with Gasteiger partial charge in [0.25, 0.3) is 0 Å². The molecule has 0 fully saturated rings. The van der Waals surface area contributed by atoms with Crippen LogP contribution in [0.25, 0.3) is 0 Å². The second-order valence-corrected chi connectivity index (χ2v) is 6.41. The summed E-state index contributed by atoms with van der Waals surface area (Å²) >= 11 is 0. The van der Waals surface area contributed by atoms with Crippen molar-refractivity contribution in [2.45, 2.75) is 33.4 Å². The third-order valence-corrected chi connectivity index (χ3v) is 3.83. The maximum Gasteiger partial charge on any atom is 0.223 e. The Labute approximate surface area is 143 Å². The zero-order valence-corrected chi connectivity index (χ0v) is 14.4. The number of benzene rings is 1. The number of carbonyl (C=O) groups excluding carboxylic acids is 1. The highest BCUT2D eigenvalue weighted by molar-refractivity contribution is 5.76. The summed E-state index contributed by atoms with van der Waals surface area (Å²) in [5.41, 5.74) is 2.08. The molecular weight excluding hydrogens is 303 g/mol. The maximum atomic E-state index is 13.0. The molecule has 0 radical (unpaired) electrons. The van der Waals surface area contributed by atoms with Gasteiger partial charge in [-0.05, 0) is 35.7 Å². The van der Waals surface area contributed by atoms with Crippen molar-refractivity contribution in [2.24, 2.45) is 5.92 Å². The van der Waals surface area contributed by atoms with Gasteiger partial charge >= 0.3 is 0 Å². The van der Waals surface area contributed by atoms with Crippen molar-refractivity contribution < 1.29 is 9.18 Å². The Balaban J connectivity index is 2.10. The van der Waals surface area contributed by atoms with E-state index in [1.807, 2.05) is 37.1 Å². The second kappa shape index (κ2) is 8.48. The minimum absolute atomic E-state index is 0.138. The average Bonchev–Trinajstić information content (AvgIpc) is 2.95. The largest absolute Gasteiger partial charge is 0.345 e. The highest BCUT2D eigenvalue weighted by Crippen LogP contribution is 2.13. The standard InChI is InChI=1S/C20H25FN2O/c1-4-11-23(20(24)13-16(2)3)15-19-6-5-12-22(19)14-17-7-9-18(21)10-8-17/h4-10,12,16H,1,11,13-15H2,2-3H3. The normalized spacial score (nSPS) is 10.8. The van der Waals surface area contributed by atoms with E-state index in [9.17, 15) is 9.18 Å². The summed E-state index contributed by atoms with van der Waals surface area (Å²) in [5, 5.41) is 0. The molecule has 0 spiro atoms. The molecular formula is C20H25FN2O. The monoisotopic (exact) mass is 328 g/mol. The van der Waals surface area contributed by atoms with Gasteiger partial charge in [0, 0.05) is 31.4 Å². The Bertz CT molecular complexity index is 673. The topological polar surface area (TPSA) is 25.2 Å². The highest BCUT2D eigenvalue weighted by atomic mass is 19.1. The molecule has 128 valence electrons. The third-order valence-electron chi connectivity index (χ3n) is 3.83. The van der Waals surface area contributed by atoms with Gasteiger partial charge < -0.3 is 9.47 Å². The minimum Gasteiger partial charge on any atom is -0.345 e. The predicted molar refractivity (Wildman–Crippen MR) is 95.0 cm³/mol. The van der Waals surface area contributed by atoms with Crippen LogP contribution in [0.15, 0.2) is 55.3 Å². The minimum atomic E-state index is -0.233.